The monoisotopic (exact) mass is 623 g/mol. The molecular weight excluding hydrogens is 603 g/mol. The second kappa shape index (κ2) is 11.2. The molecule has 4 rings (SSSR count). The number of aliphatic imine (C=N–C) groups is 1. The summed E-state index contributed by atoms with van der Waals surface area (Å²) >= 11 is 3.17. The number of hydrogen-bond acceptors (Lipinski definition) is 8. The Morgan fingerprint density at radius 2 is 2.06 bits per heavy atom. The summed E-state index contributed by atoms with van der Waals surface area (Å²) in [5.74, 6) is -2.34. The number of alkyl halides is 1. The van der Waals surface area contributed by atoms with Gasteiger partial charge < -0.3 is 9.47 Å². The quantitative estimate of drug-likeness (QED) is 0.0947. The lowest BCUT2D eigenvalue weighted by Crippen LogP contribution is -2.43. The summed E-state index contributed by atoms with van der Waals surface area (Å²) in [6.07, 6.45) is 1.71. The fourth-order valence-corrected chi connectivity index (χ4v) is 5.02. The third-order valence-electron chi connectivity index (χ3n) is 5.63. The first-order chi connectivity index (χ1) is 17.4. The van der Waals surface area contributed by atoms with Crippen LogP contribution in [0.2, 0.25) is 0 Å². The van der Waals surface area contributed by atoms with E-state index < -0.39 is 29.3 Å². The fraction of sp³-hybridized carbons (Fsp3) is 0.208. The molecule has 12 heteroatoms. The van der Waals surface area contributed by atoms with Crippen LogP contribution in [0.5, 0.6) is 0 Å². The van der Waals surface area contributed by atoms with E-state index in [4.69, 9.17) is 14.5 Å². The standard InChI is InChI=1S/C24H20F2IN5O3S/c1-15(22-31-21(10-36-22)16-3-6-18(28-2)7-4-16)24(35-23(33)34-12-27,11-32-14-29-13-30-32)19-8-5-17(25)9-20(19)26/h3-10,13-15H,2,11-12H2,1H3. The third kappa shape index (κ3) is 5.43. The molecule has 0 N–H and O–H groups in total. The van der Waals surface area contributed by atoms with Gasteiger partial charge in [0.25, 0.3) is 0 Å². The van der Waals surface area contributed by atoms with Crippen LogP contribution < -0.4 is 0 Å². The molecule has 0 radical (unpaired) electrons. The molecule has 0 saturated carbocycles. The molecule has 8 nitrogen and oxygen atoms in total. The highest BCUT2D eigenvalue weighted by atomic mass is 127. The van der Waals surface area contributed by atoms with Crippen molar-refractivity contribution in [1.82, 2.24) is 19.7 Å². The maximum atomic E-state index is 15.3. The van der Waals surface area contributed by atoms with Gasteiger partial charge in [-0.3, -0.25) is 4.99 Å². The molecule has 0 amide bonds. The molecule has 0 aliphatic heterocycles. The van der Waals surface area contributed by atoms with Gasteiger partial charge in [0.2, 0.25) is 0 Å². The largest absolute Gasteiger partial charge is 0.510 e. The van der Waals surface area contributed by atoms with Gasteiger partial charge in [-0.05, 0) is 53.6 Å². The number of carbonyl (C=O) groups excluding carboxylic acids is 1. The summed E-state index contributed by atoms with van der Waals surface area (Å²) in [4.78, 5) is 25.2. The van der Waals surface area contributed by atoms with Crippen molar-refractivity contribution in [2.24, 2.45) is 4.99 Å². The summed E-state index contributed by atoms with van der Waals surface area (Å²) in [5, 5.41) is 6.53. The van der Waals surface area contributed by atoms with Crippen molar-refractivity contribution in [3.63, 3.8) is 0 Å². The molecule has 2 heterocycles. The smallest absolute Gasteiger partial charge is 0.424 e. The Labute approximate surface area is 223 Å². The van der Waals surface area contributed by atoms with E-state index in [1.807, 2.05) is 52.2 Å². The Bertz CT molecular complexity index is 1350. The lowest BCUT2D eigenvalue weighted by Gasteiger charge is -2.37. The van der Waals surface area contributed by atoms with Gasteiger partial charge >= 0.3 is 6.16 Å². The number of halogens is 3. The van der Waals surface area contributed by atoms with Crippen LogP contribution in [-0.4, -0.2) is 37.2 Å². The fourth-order valence-electron chi connectivity index (χ4n) is 3.80. The maximum absolute atomic E-state index is 15.3. The molecule has 0 aliphatic rings. The van der Waals surface area contributed by atoms with E-state index in [-0.39, 0.29) is 16.7 Å². The average molecular weight is 623 g/mol. The number of thiazole rings is 1. The molecule has 0 aliphatic carbocycles. The van der Waals surface area contributed by atoms with Gasteiger partial charge in [0.05, 0.1) is 23.8 Å². The van der Waals surface area contributed by atoms with Crippen LogP contribution in [0.15, 0.2) is 65.5 Å². The van der Waals surface area contributed by atoms with Crippen LogP contribution >= 0.6 is 33.9 Å². The SMILES string of the molecule is C=Nc1ccc(-c2csc(C(C)C(Cn3cncn3)(OC(=O)OCI)c3ccc(F)cc3F)n2)cc1. The number of rotatable bonds is 9. The zero-order chi connectivity index (χ0) is 25.7. The molecule has 2 unspecified atom stereocenters. The lowest BCUT2D eigenvalue weighted by atomic mass is 9.81. The van der Waals surface area contributed by atoms with Crippen LogP contribution in [0.1, 0.15) is 23.4 Å². The van der Waals surface area contributed by atoms with Gasteiger partial charge in [-0.2, -0.15) is 5.10 Å². The van der Waals surface area contributed by atoms with Crippen molar-refractivity contribution in [1.29, 1.82) is 0 Å². The van der Waals surface area contributed by atoms with Gasteiger partial charge in [0.1, 0.15) is 33.9 Å². The number of ether oxygens (including phenoxy) is 2. The predicted molar refractivity (Wildman–Crippen MR) is 140 cm³/mol. The second-order valence-electron chi connectivity index (χ2n) is 7.71. The minimum atomic E-state index is -1.69. The minimum Gasteiger partial charge on any atom is -0.424 e. The number of hydrogen-bond donors (Lipinski definition) is 0. The molecule has 0 fully saturated rings. The summed E-state index contributed by atoms with van der Waals surface area (Å²) in [6.45, 7) is 5.15. The highest BCUT2D eigenvalue weighted by Gasteiger charge is 2.47. The van der Waals surface area contributed by atoms with Crippen molar-refractivity contribution >= 4 is 52.5 Å². The molecule has 2 aromatic carbocycles. The lowest BCUT2D eigenvalue weighted by molar-refractivity contribution is -0.0610. The summed E-state index contributed by atoms with van der Waals surface area (Å²) in [7, 11) is 0. The maximum Gasteiger partial charge on any atom is 0.510 e. The summed E-state index contributed by atoms with van der Waals surface area (Å²) < 4.78 is 41.4. The first-order valence-corrected chi connectivity index (χ1v) is 13.0. The van der Waals surface area contributed by atoms with E-state index in [0.29, 0.717) is 10.7 Å². The molecule has 2 atom stereocenters. The van der Waals surface area contributed by atoms with Crippen molar-refractivity contribution < 1.29 is 23.0 Å². The highest BCUT2D eigenvalue weighted by Crippen LogP contribution is 2.45. The Morgan fingerprint density at radius 1 is 1.28 bits per heavy atom. The van der Waals surface area contributed by atoms with E-state index in [2.05, 4.69) is 21.8 Å². The normalized spacial score (nSPS) is 13.6. The van der Waals surface area contributed by atoms with E-state index >= 15 is 4.39 Å². The molecule has 186 valence electrons. The first kappa shape index (κ1) is 25.8. The highest BCUT2D eigenvalue weighted by molar-refractivity contribution is 14.1. The molecule has 2 aromatic heterocycles. The number of carbonyl (C=O) groups is 1. The van der Waals surface area contributed by atoms with Gasteiger partial charge in [-0.1, -0.05) is 19.1 Å². The summed E-state index contributed by atoms with van der Waals surface area (Å²) in [6, 6.07) is 10.5. The van der Waals surface area contributed by atoms with Crippen LogP contribution in [0, 0.1) is 11.6 Å². The zero-order valence-electron chi connectivity index (χ0n) is 19.0. The van der Waals surface area contributed by atoms with Gasteiger partial charge in [0, 0.05) is 22.6 Å². The molecular formula is C24H20F2IN5O3S. The third-order valence-corrected chi connectivity index (χ3v) is 6.96. The van der Waals surface area contributed by atoms with Crippen molar-refractivity contribution in [2.45, 2.75) is 25.0 Å². The van der Waals surface area contributed by atoms with Gasteiger partial charge in [-0.15, -0.1) is 11.3 Å². The topological polar surface area (TPSA) is 91.5 Å². The molecule has 0 bridgehead atoms. The van der Waals surface area contributed by atoms with E-state index in [9.17, 15) is 9.18 Å². The van der Waals surface area contributed by atoms with Crippen LogP contribution in [0.3, 0.4) is 0 Å². The predicted octanol–water partition coefficient (Wildman–Crippen LogP) is 6.26. The molecule has 0 saturated heterocycles. The average Bonchev–Trinajstić information content (AvgIpc) is 3.56. The number of benzene rings is 2. The first-order valence-electron chi connectivity index (χ1n) is 10.6. The van der Waals surface area contributed by atoms with Crippen LogP contribution in [0.25, 0.3) is 11.3 Å². The Kier molecular flexibility index (Phi) is 8.04. The molecule has 36 heavy (non-hydrogen) atoms. The zero-order valence-corrected chi connectivity index (χ0v) is 21.9. The minimum absolute atomic E-state index is 0.0211. The Morgan fingerprint density at radius 3 is 2.69 bits per heavy atom. The molecule has 4 aromatic rings. The Hall–Kier alpha value is -3.26. The van der Waals surface area contributed by atoms with Gasteiger partial charge in [0.15, 0.2) is 5.60 Å². The van der Waals surface area contributed by atoms with Gasteiger partial charge in [-0.25, -0.2) is 28.2 Å². The Balaban J connectivity index is 1.83. The molecule has 0 spiro atoms. The van der Waals surface area contributed by atoms with E-state index in [0.717, 1.165) is 23.4 Å². The van der Waals surface area contributed by atoms with Crippen molar-refractivity contribution in [3.05, 3.63) is 82.7 Å². The summed E-state index contributed by atoms with van der Waals surface area (Å²) in [5.41, 5.74) is 0.512. The van der Waals surface area contributed by atoms with E-state index in [1.54, 1.807) is 6.92 Å². The van der Waals surface area contributed by atoms with Crippen molar-refractivity contribution in [2.75, 3.05) is 4.61 Å². The number of aromatic nitrogens is 4. The van der Waals surface area contributed by atoms with Crippen LogP contribution in [-0.2, 0) is 21.6 Å². The van der Waals surface area contributed by atoms with Crippen LogP contribution in [0.4, 0.5) is 19.3 Å². The van der Waals surface area contributed by atoms with E-state index in [1.165, 1.54) is 34.7 Å². The van der Waals surface area contributed by atoms with Crippen molar-refractivity contribution in [3.8, 4) is 11.3 Å². The number of nitrogens with zero attached hydrogens (tertiary/aromatic N) is 5. The second-order valence-corrected chi connectivity index (χ2v) is 9.22.